The van der Waals surface area contributed by atoms with Crippen LogP contribution in [0.1, 0.15) is 169 Å². The first-order chi connectivity index (χ1) is 17.4. The van der Waals surface area contributed by atoms with Crippen LogP contribution in [-0.2, 0) is 9.59 Å². The van der Waals surface area contributed by atoms with Crippen LogP contribution in [0.2, 0.25) is 0 Å². The fourth-order valence-electron chi connectivity index (χ4n) is 5.53. The molecule has 0 heterocycles. The summed E-state index contributed by atoms with van der Waals surface area (Å²) in [5, 5.41) is 20.2. The van der Waals surface area contributed by atoms with Gasteiger partial charge < -0.3 is 10.2 Å². The lowest BCUT2D eigenvalue weighted by atomic mass is 9.80. The van der Waals surface area contributed by atoms with Crippen LogP contribution >= 0.6 is 0 Å². The lowest BCUT2D eigenvalue weighted by molar-refractivity contribution is -0.137. The van der Waals surface area contributed by atoms with Crippen LogP contribution in [-0.4, -0.2) is 22.2 Å². The van der Waals surface area contributed by atoms with Crippen LogP contribution < -0.4 is 0 Å². The summed E-state index contributed by atoms with van der Waals surface area (Å²) in [5.74, 6) is -2.40. The first-order valence-electron chi connectivity index (χ1n) is 15.6. The summed E-state index contributed by atoms with van der Waals surface area (Å²) in [7, 11) is 0. The summed E-state index contributed by atoms with van der Waals surface area (Å²) in [5.41, 5.74) is 0.375. The van der Waals surface area contributed by atoms with Gasteiger partial charge in [0.05, 0.1) is 11.1 Å². The van der Waals surface area contributed by atoms with Crippen molar-refractivity contribution in [2.75, 3.05) is 0 Å². The first kappa shape index (κ1) is 34.7. The van der Waals surface area contributed by atoms with E-state index < -0.39 is 11.9 Å². The number of carboxylic acid groups (broad SMARTS) is 2. The molecular formula is C32H60O4. The Morgan fingerprint density at radius 3 is 0.917 bits per heavy atom. The van der Waals surface area contributed by atoms with E-state index in [4.69, 9.17) is 0 Å². The zero-order valence-electron chi connectivity index (χ0n) is 24.4. The largest absolute Gasteiger partial charge is 0.478 e. The number of unbranched alkanes of at least 4 members (excludes halogenated alkanes) is 16. The molecule has 0 aliphatic heterocycles. The molecule has 0 aromatic heterocycles. The molecule has 4 nitrogen and oxygen atoms in total. The number of hydrogen-bond donors (Lipinski definition) is 2. The van der Waals surface area contributed by atoms with E-state index in [1.165, 1.54) is 89.9 Å². The van der Waals surface area contributed by atoms with Crippen LogP contribution in [0.4, 0.5) is 0 Å². The lowest BCUT2D eigenvalue weighted by Crippen LogP contribution is -2.23. The van der Waals surface area contributed by atoms with E-state index in [1.807, 2.05) is 13.8 Å². The number of aliphatic carboxylic acids is 2. The van der Waals surface area contributed by atoms with Crippen LogP contribution in [0.5, 0.6) is 0 Å². The number of carbonyl (C=O) groups is 2. The zero-order chi connectivity index (χ0) is 27.0. The highest BCUT2D eigenvalue weighted by molar-refractivity contribution is 5.99. The molecule has 0 amide bonds. The van der Waals surface area contributed by atoms with E-state index >= 15 is 0 Å². The molecule has 0 saturated heterocycles. The summed E-state index contributed by atoms with van der Waals surface area (Å²) < 4.78 is 0. The third kappa shape index (κ3) is 16.4. The average molecular weight is 509 g/mol. The Morgan fingerprint density at radius 1 is 0.444 bits per heavy atom. The van der Waals surface area contributed by atoms with Crippen LogP contribution in [0, 0.1) is 11.8 Å². The molecule has 2 N–H and O–H groups in total. The third-order valence-corrected chi connectivity index (χ3v) is 7.87. The van der Waals surface area contributed by atoms with Crippen molar-refractivity contribution < 1.29 is 19.8 Å². The van der Waals surface area contributed by atoms with Crippen molar-refractivity contribution in [3.05, 3.63) is 11.1 Å². The summed E-state index contributed by atoms with van der Waals surface area (Å²) in [6, 6.07) is 0. The second-order valence-corrected chi connectivity index (χ2v) is 10.9. The molecule has 0 aromatic rings. The minimum absolute atomic E-state index is 0.171. The molecule has 212 valence electrons. The van der Waals surface area contributed by atoms with E-state index in [0.29, 0.717) is 12.8 Å². The van der Waals surface area contributed by atoms with E-state index in [-0.39, 0.29) is 23.0 Å². The van der Waals surface area contributed by atoms with Gasteiger partial charge in [-0.15, -0.1) is 0 Å². The van der Waals surface area contributed by atoms with Gasteiger partial charge in [0, 0.05) is 0 Å². The molecule has 0 aliphatic rings. The van der Waals surface area contributed by atoms with E-state index in [2.05, 4.69) is 13.8 Å². The van der Waals surface area contributed by atoms with Gasteiger partial charge in [0.15, 0.2) is 0 Å². The quantitative estimate of drug-likeness (QED) is 0.0900. The maximum atomic E-state index is 12.3. The molecule has 0 aliphatic carbocycles. The fourth-order valence-corrected chi connectivity index (χ4v) is 5.53. The van der Waals surface area contributed by atoms with Gasteiger partial charge in [-0.25, -0.2) is 9.59 Å². The molecule has 0 saturated carbocycles. The summed E-state index contributed by atoms with van der Waals surface area (Å²) in [6.45, 7) is 8.48. The van der Waals surface area contributed by atoms with Crippen molar-refractivity contribution in [3.63, 3.8) is 0 Å². The molecule has 0 bridgehead atoms. The molecule has 0 fully saturated rings. The van der Waals surface area contributed by atoms with E-state index in [1.54, 1.807) is 0 Å². The van der Waals surface area contributed by atoms with Crippen molar-refractivity contribution in [1.82, 2.24) is 0 Å². The molecule has 36 heavy (non-hydrogen) atoms. The van der Waals surface area contributed by atoms with Gasteiger partial charge in [-0.3, -0.25) is 0 Å². The van der Waals surface area contributed by atoms with Crippen molar-refractivity contribution in [1.29, 1.82) is 0 Å². The van der Waals surface area contributed by atoms with Crippen LogP contribution in [0.15, 0.2) is 11.1 Å². The predicted octanol–water partition coefficient (Wildman–Crippen LogP) is 10.3. The Hall–Kier alpha value is -1.32. The average Bonchev–Trinajstić information content (AvgIpc) is 2.86. The number of carboxylic acids is 2. The monoisotopic (exact) mass is 508 g/mol. The Bertz CT molecular complexity index is 531. The molecular weight excluding hydrogens is 448 g/mol. The Labute approximate surface area is 223 Å². The lowest BCUT2D eigenvalue weighted by Gasteiger charge is -2.23. The van der Waals surface area contributed by atoms with Gasteiger partial charge >= 0.3 is 11.9 Å². The maximum Gasteiger partial charge on any atom is 0.332 e. The van der Waals surface area contributed by atoms with Crippen molar-refractivity contribution in [2.24, 2.45) is 11.8 Å². The predicted molar refractivity (Wildman–Crippen MR) is 154 cm³/mol. The van der Waals surface area contributed by atoms with Crippen molar-refractivity contribution in [3.8, 4) is 0 Å². The van der Waals surface area contributed by atoms with E-state index in [0.717, 1.165) is 38.5 Å². The summed E-state index contributed by atoms with van der Waals surface area (Å²) >= 11 is 0. The highest BCUT2D eigenvalue weighted by Gasteiger charge is 2.30. The maximum absolute atomic E-state index is 12.3. The number of hydrogen-bond acceptors (Lipinski definition) is 2. The zero-order valence-corrected chi connectivity index (χ0v) is 24.4. The van der Waals surface area contributed by atoms with Gasteiger partial charge in [-0.1, -0.05) is 143 Å². The number of rotatable bonds is 26. The minimum Gasteiger partial charge on any atom is -0.478 e. The van der Waals surface area contributed by atoms with E-state index in [9.17, 15) is 19.8 Å². The smallest absolute Gasteiger partial charge is 0.332 e. The second kappa shape index (κ2) is 24.0. The molecule has 4 heteroatoms. The summed E-state index contributed by atoms with van der Waals surface area (Å²) in [4.78, 5) is 24.7. The standard InChI is InChI=1S/C32H60O4/c1-5-9-11-13-15-17-19-21-23-25-27(7-3)29(31(33)34)30(32(35)36)28(8-4)26-24-22-20-18-16-14-12-10-6-2/h27-28H,5-26H2,1-4H3,(H,33,34)(H,35,36)/b30-29+. The van der Waals surface area contributed by atoms with Gasteiger partial charge in [0.25, 0.3) is 0 Å². The first-order valence-corrected chi connectivity index (χ1v) is 15.6. The highest BCUT2D eigenvalue weighted by Crippen LogP contribution is 2.33. The summed E-state index contributed by atoms with van der Waals surface area (Å²) in [6.07, 6.45) is 25.0. The normalized spacial score (nSPS) is 13.9. The van der Waals surface area contributed by atoms with Crippen molar-refractivity contribution in [2.45, 2.75) is 169 Å². The molecule has 0 rings (SSSR count). The van der Waals surface area contributed by atoms with Gasteiger partial charge in [0.1, 0.15) is 0 Å². The van der Waals surface area contributed by atoms with Gasteiger partial charge in [-0.05, 0) is 37.5 Å². The van der Waals surface area contributed by atoms with Gasteiger partial charge in [0.2, 0.25) is 0 Å². The Kier molecular flexibility index (Phi) is 23.2. The Morgan fingerprint density at radius 2 is 0.694 bits per heavy atom. The SMILES string of the molecule is CCCCCCCCCCCC(CC)/C(C(=O)O)=C(\C(=O)O)C(CC)CCCCCCCCCCC. The van der Waals surface area contributed by atoms with Crippen LogP contribution in [0.3, 0.4) is 0 Å². The second-order valence-electron chi connectivity index (χ2n) is 10.9. The molecule has 2 unspecified atom stereocenters. The van der Waals surface area contributed by atoms with Crippen molar-refractivity contribution >= 4 is 11.9 Å². The van der Waals surface area contributed by atoms with Crippen LogP contribution in [0.25, 0.3) is 0 Å². The molecule has 2 atom stereocenters. The minimum atomic E-state index is -1.03. The molecule has 0 radical (unpaired) electrons. The third-order valence-electron chi connectivity index (χ3n) is 7.87. The van der Waals surface area contributed by atoms with Gasteiger partial charge in [-0.2, -0.15) is 0 Å². The molecule has 0 aromatic carbocycles. The fraction of sp³-hybridized carbons (Fsp3) is 0.875. The topological polar surface area (TPSA) is 74.6 Å². The highest BCUT2D eigenvalue weighted by atomic mass is 16.4. The Balaban J connectivity index is 4.86. The molecule has 0 spiro atoms.